The number of carbonyl (C=O) groups excluding carboxylic acids is 1. The van der Waals surface area contributed by atoms with E-state index in [9.17, 15) is 4.79 Å². The first-order valence-corrected chi connectivity index (χ1v) is 5.58. The first-order chi connectivity index (χ1) is 7.67. The summed E-state index contributed by atoms with van der Waals surface area (Å²) in [4.78, 5) is 11.9. The highest BCUT2D eigenvalue weighted by Crippen LogP contribution is 2.14. The fraction of sp³-hybridized carbons (Fsp3) is 0.462. The summed E-state index contributed by atoms with van der Waals surface area (Å²) >= 11 is 0. The number of rotatable bonds is 6. The van der Waals surface area contributed by atoms with Gasteiger partial charge in [0.05, 0.1) is 7.11 Å². The van der Waals surface area contributed by atoms with E-state index in [2.05, 4.69) is 5.32 Å². The molecule has 0 aliphatic rings. The zero-order valence-corrected chi connectivity index (χ0v) is 10.1. The molecule has 0 bridgehead atoms. The van der Waals surface area contributed by atoms with Gasteiger partial charge in [-0.3, -0.25) is 4.79 Å². The third-order valence-electron chi connectivity index (χ3n) is 2.44. The van der Waals surface area contributed by atoms with Crippen LogP contribution in [-0.2, 0) is 0 Å². The number of ketones is 1. The minimum atomic E-state index is 0.146. The molecular weight excluding hydrogens is 202 g/mol. The first-order valence-electron chi connectivity index (χ1n) is 5.58. The van der Waals surface area contributed by atoms with E-state index in [4.69, 9.17) is 4.74 Å². The van der Waals surface area contributed by atoms with Gasteiger partial charge in [0.1, 0.15) is 5.75 Å². The van der Waals surface area contributed by atoms with Gasteiger partial charge in [-0.05, 0) is 25.6 Å². The minimum Gasteiger partial charge on any atom is -0.497 e. The summed E-state index contributed by atoms with van der Waals surface area (Å²) in [5.74, 6) is 0.870. The summed E-state index contributed by atoms with van der Waals surface area (Å²) in [6.45, 7) is 4.93. The average Bonchev–Trinajstić information content (AvgIpc) is 2.29. The van der Waals surface area contributed by atoms with E-state index >= 15 is 0 Å². The lowest BCUT2D eigenvalue weighted by Gasteiger charge is -2.11. The maximum Gasteiger partial charge on any atom is 0.164 e. The van der Waals surface area contributed by atoms with Crippen LogP contribution in [0.1, 0.15) is 30.6 Å². The van der Waals surface area contributed by atoms with Crippen LogP contribution in [0.5, 0.6) is 5.75 Å². The van der Waals surface area contributed by atoms with E-state index in [0.717, 1.165) is 12.3 Å². The molecule has 3 nitrogen and oxygen atoms in total. The van der Waals surface area contributed by atoms with Gasteiger partial charge in [-0.15, -0.1) is 0 Å². The topological polar surface area (TPSA) is 38.3 Å². The van der Waals surface area contributed by atoms with Gasteiger partial charge in [0.25, 0.3) is 0 Å². The quantitative estimate of drug-likeness (QED) is 0.749. The van der Waals surface area contributed by atoms with E-state index in [-0.39, 0.29) is 11.8 Å². The third-order valence-corrected chi connectivity index (χ3v) is 2.44. The highest BCUT2D eigenvalue weighted by molar-refractivity contribution is 5.96. The van der Waals surface area contributed by atoms with Crippen LogP contribution in [0.15, 0.2) is 24.3 Å². The Balaban J connectivity index is 2.65. The van der Waals surface area contributed by atoms with Crippen molar-refractivity contribution in [3.8, 4) is 5.75 Å². The zero-order valence-electron chi connectivity index (χ0n) is 10.1. The third kappa shape index (κ3) is 3.66. The van der Waals surface area contributed by atoms with Gasteiger partial charge >= 0.3 is 0 Å². The van der Waals surface area contributed by atoms with Crippen molar-refractivity contribution in [3.63, 3.8) is 0 Å². The summed E-state index contributed by atoms with van der Waals surface area (Å²) in [6.07, 6.45) is 0.515. The highest BCUT2D eigenvalue weighted by Gasteiger charge is 2.10. The van der Waals surface area contributed by atoms with E-state index < -0.39 is 0 Å². The van der Waals surface area contributed by atoms with Gasteiger partial charge in [-0.2, -0.15) is 0 Å². The van der Waals surface area contributed by atoms with Crippen LogP contribution in [-0.4, -0.2) is 25.5 Å². The molecule has 0 saturated carbocycles. The molecule has 1 aromatic rings. The molecule has 0 aromatic heterocycles. The second-order valence-electron chi connectivity index (χ2n) is 3.82. The molecule has 1 unspecified atom stereocenters. The van der Waals surface area contributed by atoms with Gasteiger partial charge in [0.2, 0.25) is 0 Å². The molecule has 0 aliphatic heterocycles. The molecule has 1 atom stereocenters. The fourth-order valence-electron chi connectivity index (χ4n) is 1.61. The Bertz CT molecular complexity index is 350. The summed E-state index contributed by atoms with van der Waals surface area (Å²) < 4.78 is 5.09. The lowest BCUT2D eigenvalue weighted by atomic mass is 10.0. The predicted molar refractivity (Wildman–Crippen MR) is 65.1 cm³/mol. The summed E-state index contributed by atoms with van der Waals surface area (Å²) in [7, 11) is 1.60. The number of methoxy groups -OCH3 is 1. The van der Waals surface area contributed by atoms with Gasteiger partial charge < -0.3 is 10.1 Å². The second kappa shape index (κ2) is 6.28. The van der Waals surface area contributed by atoms with Gasteiger partial charge in [-0.1, -0.05) is 19.1 Å². The lowest BCUT2D eigenvalue weighted by molar-refractivity contribution is 0.0971. The molecule has 0 amide bonds. The molecular formula is C13H19NO2. The molecule has 1 N–H and O–H groups in total. The van der Waals surface area contributed by atoms with Crippen molar-refractivity contribution in [2.45, 2.75) is 26.3 Å². The SMILES string of the molecule is CCNC(C)CC(=O)c1cccc(OC)c1. The molecule has 16 heavy (non-hydrogen) atoms. The Morgan fingerprint density at radius 3 is 2.88 bits per heavy atom. The standard InChI is InChI=1S/C13H19NO2/c1-4-14-10(2)8-13(15)11-6-5-7-12(9-11)16-3/h5-7,9-10,14H,4,8H2,1-3H3. The smallest absolute Gasteiger partial charge is 0.164 e. The number of carbonyl (C=O) groups is 1. The molecule has 0 aliphatic carbocycles. The number of benzene rings is 1. The number of hydrogen-bond acceptors (Lipinski definition) is 3. The summed E-state index contributed by atoms with van der Waals surface area (Å²) in [5.41, 5.74) is 0.712. The number of Topliss-reactive ketones (excluding diaryl/α,β-unsaturated/α-hetero) is 1. The zero-order chi connectivity index (χ0) is 12.0. The molecule has 0 heterocycles. The van der Waals surface area contributed by atoms with Crippen LogP contribution in [0.3, 0.4) is 0 Å². The van der Waals surface area contributed by atoms with E-state index in [1.807, 2.05) is 32.0 Å². The van der Waals surface area contributed by atoms with Gasteiger partial charge in [-0.25, -0.2) is 0 Å². The summed E-state index contributed by atoms with van der Waals surface area (Å²) in [5, 5.41) is 3.22. The fourth-order valence-corrected chi connectivity index (χ4v) is 1.61. The van der Waals surface area contributed by atoms with Crippen molar-refractivity contribution in [1.82, 2.24) is 5.32 Å². The monoisotopic (exact) mass is 221 g/mol. The second-order valence-corrected chi connectivity index (χ2v) is 3.82. The predicted octanol–water partition coefficient (Wildman–Crippen LogP) is 2.27. The Hall–Kier alpha value is -1.35. The molecule has 0 radical (unpaired) electrons. The van der Waals surface area contributed by atoms with E-state index in [1.165, 1.54) is 0 Å². The average molecular weight is 221 g/mol. The number of hydrogen-bond donors (Lipinski definition) is 1. The molecule has 0 fully saturated rings. The van der Waals surface area contributed by atoms with Crippen LogP contribution in [0.4, 0.5) is 0 Å². The van der Waals surface area contributed by atoms with Crippen LogP contribution in [0.2, 0.25) is 0 Å². The van der Waals surface area contributed by atoms with Crippen LogP contribution in [0, 0.1) is 0 Å². The molecule has 1 aromatic carbocycles. The Morgan fingerprint density at radius 1 is 1.50 bits per heavy atom. The number of nitrogens with one attached hydrogen (secondary N) is 1. The van der Waals surface area contributed by atoms with Crippen molar-refractivity contribution in [2.75, 3.05) is 13.7 Å². The molecule has 1 rings (SSSR count). The van der Waals surface area contributed by atoms with Crippen molar-refractivity contribution in [2.24, 2.45) is 0 Å². The van der Waals surface area contributed by atoms with Gasteiger partial charge in [0, 0.05) is 18.0 Å². The van der Waals surface area contributed by atoms with E-state index in [1.54, 1.807) is 13.2 Å². The number of ether oxygens (including phenoxy) is 1. The Morgan fingerprint density at radius 2 is 2.25 bits per heavy atom. The largest absolute Gasteiger partial charge is 0.497 e. The highest BCUT2D eigenvalue weighted by atomic mass is 16.5. The van der Waals surface area contributed by atoms with Crippen LogP contribution in [0.25, 0.3) is 0 Å². The maximum absolute atomic E-state index is 11.9. The van der Waals surface area contributed by atoms with Crippen LogP contribution < -0.4 is 10.1 Å². The maximum atomic E-state index is 11.9. The van der Waals surface area contributed by atoms with Crippen molar-refractivity contribution in [1.29, 1.82) is 0 Å². The van der Waals surface area contributed by atoms with Crippen molar-refractivity contribution in [3.05, 3.63) is 29.8 Å². The molecule has 3 heteroatoms. The van der Waals surface area contributed by atoms with Crippen molar-refractivity contribution < 1.29 is 9.53 Å². The Kier molecular flexibility index (Phi) is 4.99. The molecule has 0 saturated heterocycles. The van der Waals surface area contributed by atoms with Gasteiger partial charge in [0.15, 0.2) is 5.78 Å². The van der Waals surface area contributed by atoms with Crippen molar-refractivity contribution >= 4 is 5.78 Å². The Labute approximate surface area is 96.8 Å². The lowest BCUT2D eigenvalue weighted by Crippen LogP contribution is -2.28. The normalized spacial score (nSPS) is 12.2. The first kappa shape index (κ1) is 12.7. The van der Waals surface area contributed by atoms with Crippen LogP contribution >= 0.6 is 0 Å². The minimum absolute atomic E-state index is 0.146. The summed E-state index contributed by atoms with van der Waals surface area (Å²) in [6, 6.07) is 7.49. The molecule has 0 spiro atoms. The molecule has 88 valence electrons. The van der Waals surface area contributed by atoms with E-state index in [0.29, 0.717) is 12.0 Å².